The number of nitrogens with one attached hydrogen (secondary N) is 3. The Morgan fingerprint density at radius 1 is 0.846 bits per heavy atom. The van der Waals surface area contributed by atoms with E-state index in [1.54, 1.807) is 24.3 Å². The van der Waals surface area contributed by atoms with Gasteiger partial charge in [0.2, 0.25) is 16.0 Å². The van der Waals surface area contributed by atoms with E-state index in [-0.39, 0.29) is 0 Å². The summed E-state index contributed by atoms with van der Waals surface area (Å²) in [5.74, 6) is 2.25. The molecule has 204 valence electrons. The van der Waals surface area contributed by atoms with Crippen molar-refractivity contribution in [1.29, 1.82) is 0 Å². The highest BCUT2D eigenvalue weighted by atomic mass is 79.9. The maximum atomic E-state index is 12.6. The minimum absolute atomic E-state index is 0.297. The van der Waals surface area contributed by atoms with Crippen molar-refractivity contribution in [3.63, 3.8) is 0 Å². The van der Waals surface area contributed by atoms with Gasteiger partial charge in [0, 0.05) is 28.6 Å². The van der Waals surface area contributed by atoms with E-state index >= 15 is 0 Å². The van der Waals surface area contributed by atoms with Gasteiger partial charge in [-0.3, -0.25) is 0 Å². The molecule has 0 saturated heterocycles. The third-order valence-electron chi connectivity index (χ3n) is 7.43. The molecule has 9 heteroatoms. The molecule has 7 nitrogen and oxygen atoms in total. The van der Waals surface area contributed by atoms with Gasteiger partial charge in [-0.25, -0.2) is 18.1 Å². The number of nitrogens with zero attached hydrogens (tertiary/aromatic N) is 2. The van der Waals surface area contributed by atoms with Crippen molar-refractivity contribution in [2.75, 3.05) is 23.7 Å². The summed E-state index contributed by atoms with van der Waals surface area (Å²) in [5, 5.41) is 7.92. The Balaban J connectivity index is 1.16. The van der Waals surface area contributed by atoms with Crippen LogP contribution in [0.1, 0.15) is 38.2 Å². The largest absolute Gasteiger partial charge is 0.354 e. The smallest absolute Gasteiger partial charge is 0.240 e. The van der Waals surface area contributed by atoms with Crippen LogP contribution in [0.25, 0.3) is 10.9 Å². The maximum absolute atomic E-state index is 12.6. The Bertz CT molecular complexity index is 1500. The third kappa shape index (κ3) is 7.15. The van der Waals surface area contributed by atoms with Crippen LogP contribution in [-0.2, 0) is 16.4 Å². The van der Waals surface area contributed by atoms with Crippen molar-refractivity contribution in [1.82, 2.24) is 14.7 Å². The molecule has 0 spiro atoms. The molecule has 1 aliphatic carbocycles. The second kappa shape index (κ2) is 12.4. The summed E-state index contributed by atoms with van der Waals surface area (Å²) >= 11 is 3.35. The third-order valence-corrected chi connectivity index (χ3v) is 9.40. The highest BCUT2D eigenvalue weighted by Crippen LogP contribution is 2.30. The molecule has 0 unspecified atom stereocenters. The SMILES string of the molecule is CCc1ccc(Nc2nc(NC[C@H]3CC[C@H](CNS(=O)(=O)c4ccc(Br)cc4)CC3)nc3ccccc23)cc1. The summed E-state index contributed by atoms with van der Waals surface area (Å²) in [4.78, 5) is 9.87. The number of hydrogen-bond acceptors (Lipinski definition) is 6. The average molecular weight is 609 g/mol. The van der Waals surface area contributed by atoms with Gasteiger partial charge in [0.1, 0.15) is 5.82 Å². The number of hydrogen-bond donors (Lipinski definition) is 3. The number of anilines is 3. The molecule has 0 radical (unpaired) electrons. The highest BCUT2D eigenvalue weighted by molar-refractivity contribution is 9.10. The first-order valence-electron chi connectivity index (χ1n) is 13.5. The standard InChI is InChI=1S/C30H34BrN5O2S/c1-2-21-11-15-25(16-12-21)34-29-27-5-3-4-6-28(27)35-30(36-29)32-19-22-7-9-23(10-8-22)20-33-39(37,38)26-17-13-24(31)14-18-26/h3-6,11-18,22-23,33H,2,7-10,19-20H2,1H3,(H2,32,34,35,36)/t22-,23-. The highest BCUT2D eigenvalue weighted by Gasteiger charge is 2.23. The van der Waals surface area contributed by atoms with E-state index in [1.165, 1.54) is 5.56 Å². The molecular weight excluding hydrogens is 574 g/mol. The summed E-state index contributed by atoms with van der Waals surface area (Å²) in [6, 6.07) is 23.2. The number of aromatic nitrogens is 2. The van der Waals surface area contributed by atoms with Crippen LogP contribution in [0.3, 0.4) is 0 Å². The fourth-order valence-electron chi connectivity index (χ4n) is 5.01. The second-order valence-electron chi connectivity index (χ2n) is 10.2. The number of rotatable bonds is 10. The Morgan fingerprint density at radius 3 is 2.21 bits per heavy atom. The van der Waals surface area contributed by atoms with Gasteiger partial charge in [-0.15, -0.1) is 0 Å². The number of benzene rings is 3. The monoisotopic (exact) mass is 607 g/mol. The molecule has 0 bridgehead atoms. The lowest BCUT2D eigenvalue weighted by molar-refractivity contribution is 0.284. The van der Waals surface area contributed by atoms with E-state index in [0.717, 1.165) is 65.5 Å². The van der Waals surface area contributed by atoms with Crippen molar-refractivity contribution in [2.45, 2.75) is 43.9 Å². The fourth-order valence-corrected chi connectivity index (χ4v) is 6.39. The van der Waals surface area contributed by atoms with Gasteiger partial charge in [-0.2, -0.15) is 4.98 Å². The molecule has 0 aliphatic heterocycles. The lowest BCUT2D eigenvalue weighted by Crippen LogP contribution is -2.32. The van der Waals surface area contributed by atoms with Crippen molar-refractivity contribution >= 4 is 54.3 Å². The molecule has 0 amide bonds. The predicted octanol–water partition coefficient (Wildman–Crippen LogP) is 6.90. The summed E-state index contributed by atoms with van der Waals surface area (Å²) < 4.78 is 28.9. The van der Waals surface area contributed by atoms with Crippen LogP contribution in [0.15, 0.2) is 82.2 Å². The first-order chi connectivity index (χ1) is 18.9. The number of para-hydroxylation sites is 1. The van der Waals surface area contributed by atoms with Crippen molar-refractivity contribution in [3.8, 4) is 0 Å². The van der Waals surface area contributed by atoms with Crippen LogP contribution in [0, 0.1) is 11.8 Å². The zero-order chi connectivity index (χ0) is 27.2. The zero-order valence-corrected chi connectivity index (χ0v) is 24.4. The Kier molecular flexibility index (Phi) is 8.79. The maximum Gasteiger partial charge on any atom is 0.240 e. The molecule has 1 saturated carbocycles. The average Bonchev–Trinajstić information content (AvgIpc) is 2.96. The van der Waals surface area contributed by atoms with Crippen LogP contribution in [0.5, 0.6) is 0 Å². The van der Waals surface area contributed by atoms with Gasteiger partial charge in [-0.1, -0.05) is 47.1 Å². The van der Waals surface area contributed by atoms with E-state index in [0.29, 0.717) is 29.2 Å². The number of sulfonamides is 1. The summed E-state index contributed by atoms with van der Waals surface area (Å²) in [7, 11) is -3.49. The minimum Gasteiger partial charge on any atom is -0.354 e. The molecule has 3 N–H and O–H groups in total. The number of aryl methyl sites for hydroxylation is 1. The van der Waals surface area contributed by atoms with Gasteiger partial charge in [0.05, 0.1) is 10.4 Å². The molecule has 5 rings (SSSR count). The molecule has 1 heterocycles. The van der Waals surface area contributed by atoms with E-state index in [2.05, 4.69) is 62.5 Å². The number of halogens is 1. The molecule has 1 fully saturated rings. The van der Waals surface area contributed by atoms with Gasteiger partial charge in [0.15, 0.2) is 0 Å². The normalized spacial score (nSPS) is 17.7. The van der Waals surface area contributed by atoms with E-state index in [1.807, 2.05) is 24.3 Å². The molecule has 4 aromatic rings. The molecule has 39 heavy (non-hydrogen) atoms. The zero-order valence-electron chi connectivity index (χ0n) is 22.0. The van der Waals surface area contributed by atoms with Crippen molar-refractivity contribution in [2.24, 2.45) is 11.8 Å². The van der Waals surface area contributed by atoms with E-state index in [9.17, 15) is 8.42 Å². The molecule has 3 aromatic carbocycles. The number of fused-ring (bicyclic) bond motifs is 1. The van der Waals surface area contributed by atoms with Crippen LogP contribution < -0.4 is 15.4 Å². The van der Waals surface area contributed by atoms with Gasteiger partial charge < -0.3 is 10.6 Å². The first kappa shape index (κ1) is 27.6. The Hall–Kier alpha value is -3.01. The van der Waals surface area contributed by atoms with Crippen LogP contribution >= 0.6 is 15.9 Å². The van der Waals surface area contributed by atoms with Gasteiger partial charge in [0.25, 0.3) is 0 Å². The van der Waals surface area contributed by atoms with Crippen LogP contribution in [-0.4, -0.2) is 31.5 Å². The van der Waals surface area contributed by atoms with Crippen LogP contribution in [0.2, 0.25) is 0 Å². The molecule has 1 aliphatic rings. The lowest BCUT2D eigenvalue weighted by Gasteiger charge is -2.28. The Labute approximate surface area is 239 Å². The fraction of sp³-hybridized carbons (Fsp3) is 0.333. The van der Waals surface area contributed by atoms with Crippen molar-refractivity contribution < 1.29 is 8.42 Å². The van der Waals surface area contributed by atoms with Crippen LogP contribution in [0.4, 0.5) is 17.5 Å². The molecular formula is C30H34BrN5O2S. The van der Waals surface area contributed by atoms with E-state index < -0.39 is 10.0 Å². The quantitative estimate of drug-likeness (QED) is 0.181. The van der Waals surface area contributed by atoms with Gasteiger partial charge >= 0.3 is 0 Å². The summed E-state index contributed by atoms with van der Waals surface area (Å²) in [5.41, 5.74) is 3.19. The predicted molar refractivity (Wildman–Crippen MR) is 162 cm³/mol. The Morgan fingerprint density at radius 2 is 1.51 bits per heavy atom. The second-order valence-corrected chi connectivity index (χ2v) is 12.8. The molecule has 0 atom stereocenters. The first-order valence-corrected chi connectivity index (χ1v) is 15.8. The topological polar surface area (TPSA) is 96.0 Å². The molecule has 1 aromatic heterocycles. The summed E-state index contributed by atoms with van der Waals surface area (Å²) in [6.45, 7) is 3.42. The van der Waals surface area contributed by atoms with E-state index in [4.69, 9.17) is 9.97 Å². The van der Waals surface area contributed by atoms with Gasteiger partial charge in [-0.05, 0) is 98.0 Å². The lowest BCUT2D eigenvalue weighted by atomic mass is 9.82. The summed E-state index contributed by atoms with van der Waals surface area (Å²) in [6.07, 6.45) is 5.08. The van der Waals surface area contributed by atoms with Crippen molar-refractivity contribution in [3.05, 3.63) is 82.8 Å². The minimum atomic E-state index is -3.49.